The number of rotatable bonds is 7. The normalized spacial score (nSPS) is 13.7. The van der Waals surface area contributed by atoms with E-state index in [2.05, 4.69) is 5.32 Å². The Hall–Kier alpha value is -2.54. The molecule has 2 aromatic rings. The van der Waals surface area contributed by atoms with Crippen molar-refractivity contribution in [3.05, 3.63) is 65.7 Å². The summed E-state index contributed by atoms with van der Waals surface area (Å²) in [5.41, 5.74) is 5.97. The van der Waals surface area contributed by atoms with Crippen molar-refractivity contribution < 1.29 is 22.7 Å². The highest BCUT2D eigenvalue weighted by atomic mass is 19.4. The molecule has 0 heterocycles. The zero-order chi connectivity index (χ0) is 19.2. The molecular formula is C19H21F3N2O2. The number of hydrogen-bond donors (Lipinski definition) is 2. The molecule has 7 heteroatoms. The quantitative estimate of drug-likeness (QED) is 0.791. The number of ether oxygens (including phenoxy) is 1. The summed E-state index contributed by atoms with van der Waals surface area (Å²) >= 11 is 0. The van der Waals surface area contributed by atoms with Gasteiger partial charge in [0.1, 0.15) is 12.4 Å². The van der Waals surface area contributed by atoms with Crippen LogP contribution >= 0.6 is 0 Å². The van der Waals surface area contributed by atoms with Crippen molar-refractivity contribution in [1.82, 2.24) is 5.32 Å². The first-order valence-electron chi connectivity index (χ1n) is 8.16. The minimum atomic E-state index is -4.50. The molecule has 3 N–H and O–H groups in total. The van der Waals surface area contributed by atoms with E-state index in [1.54, 1.807) is 6.92 Å². The van der Waals surface area contributed by atoms with Crippen LogP contribution in [0.3, 0.4) is 0 Å². The molecular weight excluding hydrogens is 345 g/mol. The van der Waals surface area contributed by atoms with E-state index in [4.69, 9.17) is 10.5 Å². The Labute approximate surface area is 150 Å². The highest BCUT2D eigenvalue weighted by molar-refractivity contribution is 5.82. The Morgan fingerprint density at radius 3 is 2.38 bits per heavy atom. The van der Waals surface area contributed by atoms with Gasteiger partial charge in [-0.1, -0.05) is 42.5 Å². The van der Waals surface area contributed by atoms with Gasteiger partial charge in [-0.25, -0.2) is 0 Å². The fraction of sp³-hybridized carbons (Fsp3) is 0.316. The number of para-hydroxylation sites is 1. The number of halogens is 3. The van der Waals surface area contributed by atoms with Crippen molar-refractivity contribution in [3.8, 4) is 5.75 Å². The number of benzene rings is 2. The molecule has 0 aliphatic carbocycles. The van der Waals surface area contributed by atoms with Crippen LogP contribution < -0.4 is 15.8 Å². The Kier molecular flexibility index (Phi) is 6.63. The molecule has 0 aliphatic heterocycles. The molecule has 1 amide bonds. The van der Waals surface area contributed by atoms with Crippen molar-refractivity contribution in [1.29, 1.82) is 0 Å². The second kappa shape index (κ2) is 8.71. The molecule has 0 saturated heterocycles. The molecule has 0 aliphatic rings. The summed E-state index contributed by atoms with van der Waals surface area (Å²) in [6, 6.07) is 13.0. The zero-order valence-corrected chi connectivity index (χ0v) is 14.3. The Morgan fingerprint density at radius 1 is 1.12 bits per heavy atom. The van der Waals surface area contributed by atoms with Crippen LogP contribution in [-0.4, -0.2) is 24.6 Å². The molecule has 0 fully saturated rings. The molecule has 0 aromatic heterocycles. The van der Waals surface area contributed by atoms with Crippen molar-refractivity contribution >= 4 is 5.91 Å². The van der Waals surface area contributed by atoms with Gasteiger partial charge in [0.25, 0.3) is 0 Å². The minimum Gasteiger partial charge on any atom is -0.491 e. The first-order chi connectivity index (χ1) is 12.3. The van der Waals surface area contributed by atoms with E-state index in [0.717, 1.165) is 11.6 Å². The highest BCUT2D eigenvalue weighted by Crippen LogP contribution is 2.35. The fourth-order valence-corrected chi connectivity index (χ4v) is 2.39. The van der Waals surface area contributed by atoms with E-state index in [1.165, 1.54) is 18.2 Å². The van der Waals surface area contributed by atoms with Gasteiger partial charge >= 0.3 is 6.18 Å². The van der Waals surface area contributed by atoms with Gasteiger partial charge in [-0.2, -0.15) is 13.2 Å². The average molecular weight is 366 g/mol. The van der Waals surface area contributed by atoms with Gasteiger partial charge in [-0.3, -0.25) is 4.79 Å². The van der Waals surface area contributed by atoms with E-state index in [9.17, 15) is 18.0 Å². The van der Waals surface area contributed by atoms with Crippen LogP contribution in [0.5, 0.6) is 5.75 Å². The topological polar surface area (TPSA) is 64.3 Å². The predicted octanol–water partition coefficient (Wildman–Crippen LogP) is 3.16. The van der Waals surface area contributed by atoms with E-state index in [0.29, 0.717) is 6.42 Å². The SMILES string of the molecule is CC(COc1ccccc1C(F)(F)F)NC(=O)[C@@H](N)Cc1ccccc1. The minimum absolute atomic E-state index is 0.100. The van der Waals surface area contributed by atoms with Gasteiger partial charge in [0.2, 0.25) is 5.91 Å². The maximum Gasteiger partial charge on any atom is 0.419 e. The maximum absolute atomic E-state index is 12.9. The number of amides is 1. The second-order valence-corrected chi connectivity index (χ2v) is 6.01. The second-order valence-electron chi connectivity index (χ2n) is 6.01. The molecule has 26 heavy (non-hydrogen) atoms. The van der Waals surface area contributed by atoms with Crippen LogP contribution in [0.1, 0.15) is 18.1 Å². The molecule has 140 valence electrons. The van der Waals surface area contributed by atoms with Gasteiger partial charge in [0.15, 0.2) is 0 Å². The summed E-state index contributed by atoms with van der Waals surface area (Å²) in [5.74, 6) is -0.649. The van der Waals surface area contributed by atoms with Crippen LogP contribution in [0.4, 0.5) is 13.2 Å². The van der Waals surface area contributed by atoms with Crippen LogP contribution in [0.25, 0.3) is 0 Å². The third-order valence-corrected chi connectivity index (χ3v) is 3.71. The number of carbonyl (C=O) groups is 1. The molecule has 2 aromatic carbocycles. The molecule has 0 radical (unpaired) electrons. The lowest BCUT2D eigenvalue weighted by Crippen LogP contribution is -2.47. The molecule has 1 unspecified atom stereocenters. The largest absolute Gasteiger partial charge is 0.491 e. The Balaban J connectivity index is 1.87. The summed E-state index contributed by atoms with van der Waals surface area (Å²) in [6.45, 7) is 1.54. The smallest absolute Gasteiger partial charge is 0.419 e. The van der Waals surface area contributed by atoms with Crippen LogP contribution in [0.15, 0.2) is 54.6 Å². The van der Waals surface area contributed by atoms with Gasteiger partial charge < -0.3 is 15.8 Å². The van der Waals surface area contributed by atoms with E-state index >= 15 is 0 Å². The first kappa shape index (κ1) is 19.8. The average Bonchev–Trinajstić information content (AvgIpc) is 2.60. The lowest BCUT2D eigenvalue weighted by Gasteiger charge is -2.19. The molecule has 2 atom stereocenters. The molecule has 2 rings (SSSR count). The summed E-state index contributed by atoms with van der Waals surface area (Å²) < 4.78 is 44.0. The number of nitrogens with one attached hydrogen (secondary N) is 1. The Bertz CT molecular complexity index is 720. The van der Waals surface area contributed by atoms with Crippen molar-refractivity contribution in [3.63, 3.8) is 0 Å². The summed E-state index contributed by atoms with van der Waals surface area (Å²) in [5, 5.41) is 2.66. The third kappa shape index (κ3) is 5.77. The number of alkyl halides is 3. The first-order valence-corrected chi connectivity index (χ1v) is 8.16. The van der Waals surface area contributed by atoms with Crippen molar-refractivity contribution in [2.24, 2.45) is 5.73 Å². The van der Waals surface area contributed by atoms with E-state index in [1.807, 2.05) is 30.3 Å². The Morgan fingerprint density at radius 2 is 1.73 bits per heavy atom. The van der Waals surface area contributed by atoms with Crippen LogP contribution in [0, 0.1) is 0 Å². The lowest BCUT2D eigenvalue weighted by atomic mass is 10.1. The van der Waals surface area contributed by atoms with Crippen molar-refractivity contribution in [2.75, 3.05) is 6.61 Å². The van der Waals surface area contributed by atoms with Gasteiger partial charge in [-0.05, 0) is 31.0 Å². The molecule has 0 saturated carbocycles. The van der Waals surface area contributed by atoms with Crippen LogP contribution in [-0.2, 0) is 17.4 Å². The third-order valence-electron chi connectivity index (χ3n) is 3.71. The van der Waals surface area contributed by atoms with Gasteiger partial charge in [0, 0.05) is 0 Å². The number of carbonyl (C=O) groups excluding carboxylic acids is 1. The van der Waals surface area contributed by atoms with Crippen molar-refractivity contribution in [2.45, 2.75) is 31.6 Å². The van der Waals surface area contributed by atoms with Crippen LogP contribution in [0.2, 0.25) is 0 Å². The number of hydrogen-bond acceptors (Lipinski definition) is 3. The van der Waals surface area contributed by atoms with E-state index in [-0.39, 0.29) is 18.3 Å². The summed E-state index contributed by atoms with van der Waals surface area (Å²) in [6.07, 6.45) is -4.13. The molecule has 0 spiro atoms. The van der Waals surface area contributed by atoms with Gasteiger partial charge in [-0.15, -0.1) is 0 Å². The monoisotopic (exact) mass is 366 g/mol. The predicted molar refractivity (Wildman–Crippen MR) is 92.7 cm³/mol. The van der Waals surface area contributed by atoms with E-state index < -0.39 is 23.8 Å². The molecule has 4 nitrogen and oxygen atoms in total. The van der Waals surface area contributed by atoms with Gasteiger partial charge in [0.05, 0.1) is 17.6 Å². The fourth-order valence-electron chi connectivity index (χ4n) is 2.39. The highest BCUT2D eigenvalue weighted by Gasteiger charge is 2.34. The lowest BCUT2D eigenvalue weighted by molar-refractivity contribution is -0.139. The molecule has 0 bridgehead atoms. The maximum atomic E-state index is 12.9. The zero-order valence-electron chi connectivity index (χ0n) is 14.3. The number of nitrogens with two attached hydrogens (primary N) is 1. The summed E-state index contributed by atoms with van der Waals surface area (Å²) in [7, 11) is 0. The standard InChI is InChI=1S/C19H21F3N2O2/c1-13(12-26-17-10-6-5-9-15(17)19(20,21)22)24-18(25)16(23)11-14-7-3-2-4-8-14/h2-10,13,16H,11-12,23H2,1H3,(H,24,25)/t13?,16-/m0/s1. The summed E-state index contributed by atoms with van der Waals surface area (Å²) in [4.78, 5) is 12.1.